The van der Waals surface area contributed by atoms with Gasteiger partial charge < -0.3 is 15.3 Å². The average molecular weight is 318 g/mol. The lowest BCUT2D eigenvalue weighted by Gasteiger charge is -2.55. The molecule has 0 aromatic heterocycles. The van der Waals surface area contributed by atoms with Crippen molar-refractivity contribution in [1.29, 1.82) is 0 Å². The summed E-state index contributed by atoms with van der Waals surface area (Å²) in [6.07, 6.45) is 7.60. The molecule has 128 valence electrons. The lowest BCUT2D eigenvalue weighted by atomic mass is 9.50. The Labute approximate surface area is 139 Å². The van der Waals surface area contributed by atoms with E-state index >= 15 is 0 Å². The van der Waals surface area contributed by atoms with Gasteiger partial charge in [0.05, 0.1) is 18.3 Å². The summed E-state index contributed by atoms with van der Waals surface area (Å²) < 4.78 is 0. The van der Waals surface area contributed by atoms with E-state index in [2.05, 4.69) is 26.8 Å². The Morgan fingerprint density at radius 1 is 1.13 bits per heavy atom. The first kappa shape index (κ1) is 15.9. The van der Waals surface area contributed by atoms with E-state index < -0.39 is 6.10 Å². The molecule has 0 aromatic rings. The highest BCUT2D eigenvalue weighted by Gasteiger charge is 2.57. The van der Waals surface area contributed by atoms with E-state index in [0.29, 0.717) is 11.8 Å². The zero-order valence-corrected chi connectivity index (χ0v) is 14.5. The van der Waals surface area contributed by atoms with E-state index in [1.165, 1.54) is 11.1 Å². The summed E-state index contributed by atoms with van der Waals surface area (Å²) in [4.78, 5) is 0. The molecule has 0 bridgehead atoms. The molecule has 0 radical (unpaired) electrons. The predicted molar refractivity (Wildman–Crippen MR) is 89.6 cm³/mol. The summed E-state index contributed by atoms with van der Waals surface area (Å²) in [5, 5.41) is 31.6. The van der Waals surface area contributed by atoms with Gasteiger partial charge in [-0.3, -0.25) is 0 Å². The van der Waals surface area contributed by atoms with Gasteiger partial charge in [-0.2, -0.15) is 0 Å². The van der Waals surface area contributed by atoms with Crippen molar-refractivity contribution >= 4 is 0 Å². The first-order valence-corrected chi connectivity index (χ1v) is 9.24. The van der Waals surface area contributed by atoms with Crippen LogP contribution in [0.25, 0.3) is 0 Å². The van der Waals surface area contributed by atoms with Crippen molar-refractivity contribution in [3.63, 3.8) is 0 Å². The van der Waals surface area contributed by atoms with Gasteiger partial charge in [0, 0.05) is 5.41 Å². The molecule has 8 atom stereocenters. The van der Waals surface area contributed by atoms with Gasteiger partial charge in [-0.25, -0.2) is 0 Å². The topological polar surface area (TPSA) is 60.7 Å². The van der Waals surface area contributed by atoms with Gasteiger partial charge in [0.2, 0.25) is 0 Å². The molecule has 3 nitrogen and oxygen atoms in total. The monoisotopic (exact) mass is 318 g/mol. The van der Waals surface area contributed by atoms with E-state index in [4.69, 9.17) is 0 Å². The number of aliphatic hydroxyl groups excluding tert-OH is 3. The first-order chi connectivity index (χ1) is 10.8. The summed E-state index contributed by atoms with van der Waals surface area (Å²) in [6, 6.07) is 0. The minimum Gasteiger partial charge on any atom is -0.392 e. The first-order valence-electron chi connectivity index (χ1n) is 9.24. The van der Waals surface area contributed by atoms with Crippen molar-refractivity contribution in [3.8, 4) is 0 Å². The number of aliphatic hydroxyl groups is 3. The van der Waals surface area contributed by atoms with Gasteiger partial charge in [-0.1, -0.05) is 38.5 Å². The zero-order chi connectivity index (χ0) is 16.6. The molecule has 2 saturated carbocycles. The summed E-state index contributed by atoms with van der Waals surface area (Å²) in [5.41, 5.74) is 2.48. The Morgan fingerprint density at radius 2 is 1.87 bits per heavy atom. The number of allylic oxidation sites excluding steroid dienone is 1. The SMILES string of the molecule is C[C@@H]1CC2=C3C(CC[C@]2(C)[C@H]1O)[C@@]1(C)C=C[C@H](O)C[C@@H]1C[C@@H]3O. The van der Waals surface area contributed by atoms with Crippen LogP contribution in [0.5, 0.6) is 0 Å². The van der Waals surface area contributed by atoms with Gasteiger partial charge >= 0.3 is 0 Å². The Balaban J connectivity index is 1.83. The molecule has 0 amide bonds. The minimum absolute atomic E-state index is 0.0406. The fourth-order valence-corrected chi connectivity index (χ4v) is 6.33. The van der Waals surface area contributed by atoms with Crippen molar-refractivity contribution < 1.29 is 15.3 Å². The number of hydrogen-bond acceptors (Lipinski definition) is 3. The molecule has 0 spiro atoms. The maximum atomic E-state index is 10.9. The third kappa shape index (κ3) is 1.99. The van der Waals surface area contributed by atoms with E-state index in [1.807, 2.05) is 6.08 Å². The van der Waals surface area contributed by atoms with Crippen LogP contribution in [0.4, 0.5) is 0 Å². The van der Waals surface area contributed by atoms with Crippen molar-refractivity contribution in [1.82, 2.24) is 0 Å². The van der Waals surface area contributed by atoms with Gasteiger partial charge in [0.25, 0.3) is 0 Å². The van der Waals surface area contributed by atoms with Crippen molar-refractivity contribution in [2.75, 3.05) is 0 Å². The molecule has 3 N–H and O–H groups in total. The third-order valence-corrected chi connectivity index (χ3v) is 7.78. The van der Waals surface area contributed by atoms with Gasteiger partial charge in [0.15, 0.2) is 0 Å². The molecule has 4 rings (SSSR count). The second-order valence-corrected chi connectivity index (χ2v) is 9.05. The smallest absolute Gasteiger partial charge is 0.0759 e. The second-order valence-electron chi connectivity index (χ2n) is 9.05. The number of rotatable bonds is 0. The molecule has 0 aromatic carbocycles. The Kier molecular flexibility index (Phi) is 3.40. The van der Waals surface area contributed by atoms with Crippen LogP contribution < -0.4 is 0 Å². The van der Waals surface area contributed by atoms with Crippen molar-refractivity contribution in [3.05, 3.63) is 23.3 Å². The summed E-state index contributed by atoms with van der Waals surface area (Å²) in [7, 11) is 0. The lowest BCUT2D eigenvalue weighted by Crippen LogP contribution is -2.50. The lowest BCUT2D eigenvalue weighted by molar-refractivity contribution is -0.0144. The highest BCUT2D eigenvalue weighted by Crippen LogP contribution is 2.63. The molecule has 23 heavy (non-hydrogen) atoms. The number of fused-ring (bicyclic) bond motifs is 4. The highest BCUT2D eigenvalue weighted by molar-refractivity contribution is 5.39. The third-order valence-electron chi connectivity index (χ3n) is 7.78. The van der Waals surface area contributed by atoms with E-state index in [9.17, 15) is 15.3 Å². The molecule has 4 aliphatic carbocycles. The Hall–Kier alpha value is -0.640. The summed E-state index contributed by atoms with van der Waals surface area (Å²) in [6.45, 7) is 6.64. The van der Waals surface area contributed by atoms with E-state index in [-0.39, 0.29) is 29.0 Å². The van der Waals surface area contributed by atoms with E-state index in [0.717, 1.165) is 32.1 Å². The molecule has 0 heterocycles. The molecule has 3 heteroatoms. The maximum absolute atomic E-state index is 10.9. The Morgan fingerprint density at radius 3 is 2.61 bits per heavy atom. The van der Waals surface area contributed by atoms with Gasteiger partial charge in [-0.05, 0) is 60.8 Å². The van der Waals surface area contributed by atoms with E-state index in [1.54, 1.807) is 0 Å². The van der Waals surface area contributed by atoms with Crippen LogP contribution in [0.3, 0.4) is 0 Å². The molecular weight excluding hydrogens is 288 g/mol. The zero-order valence-electron chi connectivity index (χ0n) is 14.5. The van der Waals surface area contributed by atoms with Crippen LogP contribution in [0.15, 0.2) is 23.3 Å². The van der Waals surface area contributed by atoms with Crippen LogP contribution in [0.1, 0.15) is 52.9 Å². The summed E-state index contributed by atoms with van der Waals surface area (Å²) >= 11 is 0. The van der Waals surface area contributed by atoms with Crippen molar-refractivity contribution in [2.45, 2.75) is 71.2 Å². The largest absolute Gasteiger partial charge is 0.392 e. The molecule has 1 unspecified atom stereocenters. The molecular formula is C20H30O3. The molecule has 0 saturated heterocycles. The fraction of sp³-hybridized carbons (Fsp3) is 0.800. The van der Waals surface area contributed by atoms with Crippen LogP contribution in [0, 0.1) is 28.6 Å². The standard InChI is InChI=1S/C20H30O3/c1-11-8-15-17-14(5-7-20(15,3)18(11)23)19(2)6-4-13(21)9-12(19)10-16(17)22/h4,6,11-14,16,18,21-23H,5,7-10H2,1-3H3/t11-,12-,13+,14?,16+,18+,19+,20+/m1/s1. The quantitative estimate of drug-likeness (QED) is 0.602. The van der Waals surface area contributed by atoms with Crippen molar-refractivity contribution in [2.24, 2.45) is 28.6 Å². The van der Waals surface area contributed by atoms with Crippen LogP contribution in [-0.2, 0) is 0 Å². The predicted octanol–water partition coefficient (Wildman–Crippen LogP) is 2.81. The normalized spacial score (nSPS) is 55.4. The van der Waals surface area contributed by atoms with Crippen LogP contribution in [-0.4, -0.2) is 33.6 Å². The van der Waals surface area contributed by atoms with Gasteiger partial charge in [0.1, 0.15) is 0 Å². The fourth-order valence-electron chi connectivity index (χ4n) is 6.33. The minimum atomic E-state index is -0.399. The Bertz CT molecular complexity index is 579. The number of hydrogen-bond donors (Lipinski definition) is 3. The molecule has 4 aliphatic rings. The van der Waals surface area contributed by atoms with Gasteiger partial charge in [-0.15, -0.1) is 0 Å². The summed E-state index contributed by atoms with van der Waals surface area (Å²) in [5.74, 6) is 0.989. The van der Waals surface area contributed by atoms with Crippen LogP contribution >= 0.6 is 0 Å². The maximum Gasteiger partial charge on any atom is 0.0759 e. The van der Waals surface area contributed by atoms with Crippen LogP contribution in [0.2, 0.25) is 0 Å². The average Bonchev–Trinajstić information content (AvgIpc) is 2.73. The highest BCUT2D eigenvalue weighted by atomic mass is 16.3. The molecule has 2 fully saturated rings. The second kappa shape index (κ2) is 4.93. The molecule has 0 aliphatic heterocycles.